The summed E-state index contributed by atoms with van der Waals surface area (Å²) in [5, 5.41) is 4.25. The Morgan fingerprint density at radius 3 is 2.57 bits per heavy atom. The zero-order valence-electron chi connectivity index (χ0n) is 17.7. The van der Waals surface area contributed by atoms with Gasteiger partial charge in [0.1, 0.15) is 17.3 Å². The van der Waals surface area contributed by atoms with E-state index >= 15 is 0 Å². The Morgan fingerprint density at radius 1 is 1.10 bits per heavy atom. The molecule has 0 bridgehead atoms. The van der Waals surface area contributed by atoms with Gasteiger partial charge in [-0.25, -0.2) is 19.3 Å². The van der Waals surface area contributed by atoms with Crippen LogP contribution in [0.3, 0.4) is 0 Å². The molecule has 4 rings (SSSR count). The SMILES string of the molecule is CC[C@@H](Nc1cc(-c2ccccc2)nc(-c2c[nH]c3ncc(F)cc23)n1)C(C)(C)C. The van der Waals surface area contributed by atoms with Crippen molar-refractivity contribution < 1.29 is 4.39 Å². The molecule has 2 N–H and O–H groups in total. The predicted octanol–water partition coefficient (Wildman–Crippen LogP) is 6.06. The Kier molecular flexibility index (Phi) is 5.24. The van der Waals surface area contributed by atoms with Gasteiger partial charge in [-0.3, -0.25) is 0 Å². The Morgan fingerprint density at radius 2 is 1.87 bits per heavy atom. The molecular weight excluding hydrogens is 377 g/mol. The van der Waals surface area contributed by atoms with Gasteiger partial charge in [0.15, 0.2) is 5.82 Å². The van der Waals surface area contributed by atoms with E-state index in [4.69, 9.17) is 9.97 Å². The highest BCUT2D eigenvalue weighted by Crippen LogP contribution is 2.31. The number of fused-ring (bicyclic) bond motifs is 1. The van der Waals surface area contributed by atoms with Crippen LogP contribution in [0.25, 0.3) is 33.7 Å². The second kappa shape index (κ2) is 7.86. The first-order chi connectivity index (χ1) is 14.3. The number of halogens is 1. The van der Waals surface area contributed by atoms with E-state index < -0.39 is 0 Å². The number of hydrogen-bond donors (Lipinski definition) is 2. The standard InChI is InChI=1S/C24H26FN5/c1-5-20(24(2,3)4)29-21-12-19(15-9-7-6-8-10-15)28-23(30-21)18-14-27-22-17(18)11-16(25)13-26-22/h6-14,20H,5H2,1-4H3,(H,26,27)(H,28,29,30)/t20-/m1/s1. The summed E-state index contributed by atoms with van der Waals surface area (Å²) >= 11 is 0. The highest BCUT2D eigenvalue weighted by atomic mass is 19.1. The highest BCUT2D eigenvalue weighted by molar-refractivity contribution is 5.92. The van der Waals surface area contributed by atoms with Gasteiger partial charge in [-0.05, 0) is 17.9 Å². The molecule has 4 aromatic rings. The lowest BCUT2D eigenvalue weighted by atomic mass is 9.85. The third kappa shape index (κ3) is 4.03. The first-order valence-electron chi connectivity index (χ1n) is 10.2. The first-order valence-corrected chi connectivity index (χ1v) is 10.2. The van der Waals surface area contributed by atoms with Gasteiger partial charge in [-0.2, -0.15) is 0 Å². The fourth-order valence-electron chi connectivity index (χ4n) is 3.67. The van der Waals surface area contributed by atoms with Crippen LogP contribution in [0.4, 0.5) is 10.2 Å². The molecule has 6 heteroatoms. The van der Waals surface area contributed by atoms with E-state index in [2.05, 4.69) is 43.0 Å². The van der Waals surface area contributed by atoms with Crippen molar-refractivity contribution in [3.8, 4) is 22.6 Å². The third-order valence-corrected chi connectivity index (χ3v) is 5.31. The summed E-state index contributed by atoms with van der Waals surface area (Å²) in [7, 11) is 0. The molecule has 0 spiro atoms. The molecule has 0 unspecified atom stereocenters. The Balaban J connectivity index is 1.86. The Bertz CT molecular complexity index is 1160. The smallest absolute Gasteiger partial charge is 0.164 e. The van der Waals surface area contributed by atoms with Crippen LogP contribution >= 0.6 is 0 Å². The second-order valence-corrected chi connectivity index (χ2v) is 8.55. The van der Waals surface area contributed by atoms with Crippen LogP contribution < -0.4 is 5.32 Å². The van der Waals surface area contributed by atoms with Crippen LogP contribution in [-0.4, -0.2) is 26.0 Å². The predicted molar refractivity (Wildman–Crippen MR) is 120 cm³/mol. The van der Waals surface area contributed by atoms with Crippen molar-refractivity contribution in [2.24, 2.45) is 5.41 Å². The molecular formula is C24H26FN5. The summed E-state index contributed by atoms with van der Waals surface area (Å²) < 4.78 is 13.9. The minimum atomic E-state index is -0.389. The van der Waals surface area contributed by atoms with Gasteiger partial charge in [-0.15, -0.1) is 0 Å². The van der Waals surface area contributed by atoms with Gasteiger partial charge in [0.25, 0.3) is 0 Å². The molecule has 3 aromatic heterocycles. The minimum Gasteiger partial charge on any atom is -0.367 e. The van der Waals surface area contributed by atoms with Gasteiger partial charge in [-0.1, -0.05) is 58.0 Å². The van der Waals surface area contributed by atoms with Crippen LogP contribution in [-0.2, 0) is 0 Å². The van der Waals surface area contributed by atoms with E-state index in [1.165, 1.54) is 12.3 Å². The van der Waals surface area contributed by atoms with Crippen LogP contribution in [0, 0.1) is 11.2 Å². The maximum absolute atomic E-state index is 13.9. The number of pyridine rings is 1. The number of anilines is 1. The Hall–Kier alpha value is -3.28. The van der Waals surface area contributed by atoms with Crippen molar-refractivity contribution in [2.45, 2.75) is 40.2 Å². The molecule has 0 aliphatic heterocycles. The van der Waals surface area contributed by atoms with Gasteiger partial charge in [0.2, 0.25) is 0 Å². The van der Waals surface area contributed by atoms with E-state index in [0.717, 1.165) is 29.1 Å². The Labute approximate surface area is 175 Å². The molecule has 0 fully saturated rings. The lowest BCUT2D eigenvalue weighted by Gasteiger charge is -2.31. The zero-order valence-corrected chi connectivity index (χ0v) is 17.7. The minimum absolute atomic E-state index is 0.0700. The molecule has 154 valence electrons. The highest BCUT2D eigenvalue weighted by Gasteiger charge is 2.24. The van der Waals surface area contributed by atoms with Crippen LogP contribution in [0.5, 0.6) is 0 Å². The lowest BCUT2D eigenvalue weighted by molar-refractivity contribution is 0.333. The van der Waals surface area contributed by atoms with Crippen molar-refractivity contribution in [1.29, 1.82) is 0 Å². The number of aromatic amines is 1. The monoisotopic (exact) mass is 403 g/mol. The zero-order chi connectivity index (χ0) is 21.3. The molecule has 3 heterocycles. The molecule has 30 heavy (non-hydrogen) atoms. The number of nitrogens with one attached hydrogen (secondary N) is 2. The largest absolute Gasteiger partial charge is 0.367 e. The number of nitrogens with zero attached hydrogens (tertiary/aromatic N) is 3. The van der Waals surface area contributed by atoms with Crippen LogP contribution in [0.15, 0.2) is 54.9 Å². The van der Waals surface area contributed by atoms with E-state index in [0.29, 0.717) is 16.9 Å². The molecule has 0 aliphatic rings. The molecule has 1 atom stereocenters. The maximum atomic E-state index is 13.9. The van der Waals surface area contributed by atoms with Gasteiger partial charge in [0.05, 0.1) is 11.9 Å². The average molecular weight is 404 g/mol. The second-order valence-electron chi connectivity index (χ2n) is 8.55. The summed E-state index contributed by atoms with van der Waals surface area (Å²) in [4.78, 5) is 16.8. The summed E-state index contributed by atoms with van der Waals surface area (Å²) in [5.41, 5.74) is 3.21. The van der Waals surface area contributed by atoms with Crippen molar-refractivity contribution in [1.82, 2.24) is 19.9 Å². The molecule has 0 aliphatic carbocycles. The normalized spacial score (nSPS) is 12.8. The first kappa shape index (κ1) is 20.0. The summed E-state index contributed by atoms with van der Waals surface area (Å²) in [6, 6.07) is 13.7. The van der Waals surface area contributed by atoms with E-state index in [1.807, 2.05) is 36.4 Å². The molecule has 0 saturated carbocycles. The summed E-state index contributed by atoms with van der Waals surface area (Å²) in [5.74, 6) is 0.889. The molecule has 5 nitrogen and oxygen atoms in total. The number of aromatic nitrogens is 4. The quantitative estimate of drug-likeness (QED) is 0.425. The topological polar surface area (TPSA) is 66.5 Å². The fourth-order valence-corrected chi connectivity index (χ4v) is 3.67. The number of benzene rings is 1. The number of rotatable bonds is 5. The van der Waals surface area contributed by atoms with Crippen LogP contribution in [0.1, 0.15) is 34.1 Å². The number of H-pyrrole nitrogens is 1. The van der Waals surface area contributed by atoms with E-state index in [9.17, 15) is 4.39 Å². The fraction of sp³-hybridized carbons (Fsp3) is 0.292. The third-order valence-electron chi connectivity index (χ3n) is 5.31. The molecule has 1 aromatic carbocycles. The van der Waals surface area contributed by atoms with Crippen molar-refractivity contribution >= 4 is 16.9 Å². The van der Waals surface area contributed by atoms with Crippen molar-refractivity contribution in [3.05, 3.63) is 60.7 Å². The maximum Gasteiger partial charge on any atom is 0.164 e. The van der Waals surface area contributed by atoms with Crippen molar-refractivity contribution in [3.63, 3.8) is 0 Å². The van der Waals surface area contributed by atoms with Gasteiger partial charge >= 0.3 is 0 Å². The number of hydrogen-bond acceptors (Lipinski definition) is 4. The van der Waals surface area contributed by atoms with Gasteiger partial charge in [0, 0.05) is 34.8 Å². The summed E-state index contributed by atoms with van der Waals surface area (Å²) in [6.45, 7) is 8.80. The molecule has 0 amide bonds. The molecule has 0 radical (unpaired) electrons. The van der Waals surface area contributed by atoms with E-state index in [-0.39, 0.29) is 17.3 Å². The summed E-state index contributed by atoms with van der Waals surface area (Å²) in [6.07, 6.45) is 3.95. The molecule has 0 saturated heterocycles. The average Bonchev–Trinajstić information content (AvgIpc) is 3.14. The van der Waals surface area contributed by atoms with Gasteiger partial charge < -0.3 is 10.3 Å². The van der Waals surface area contributed by atoms with E-state index in [1.54, 1.807) is 6.20 Å². The van der Waals surface area contributed by atoms with Crippen LogP contribution in [0.2, 0.25) is 0 Å². The lowest BCUT2D eigenvalue weighted by Crippen LogP contribution is -2.33. The van der Waals surface area contributed by atoms with Crippen molar-refractivity contribution in [2.75, 3.05) is 5.32 Å².